The number of unbranched alkanes of at least 4 members (excludes halogenated alkanes) is 2. The van der Waals surface area contributed by atoms with Crippen molar-refractivity contribution in [2.75, 3.05) is 13.2 Å². The molecule has 0 heterocycles. The lowest BCUT2D eigenvalue weighted by Gasteiger charge is -2.07. The number of rotatable bonds is 7. The first-order valence-electron chi connectivity index (χ1n) is 4.13. The van der Waals surface area contributed by atoms with Crippen molar-refractivity contribution in [1.29, 1.82) is 0 Å². The Morgan fingerprint density at radius 1 is 1.42 bits per heavy atom. The molecule has 1 atom stereocenters. The van der Waals surface area contributed by atoms with Gasteiger partial charge in [-0.05, 0) is 26.2 Å². The van der Waals surface area contributed by atoms with E-state index in [0.717, 1.165) is 19.3 Å². The summed E-state index contributed by atoms with van der Waals surface area (Å²) in [6, 6.07) is 0. The number of hydrogen-bond acceptors (Lipinski definition) is 3. The predicted octanol–water partition coefficient (Wildman–Crippen LogP) is 0.639. The van der Waals surface area contributed by atoms with Gasteiger partial charge in [0.2, 0.25) is 0 Å². The van der Waals surface area contributed by atoms with E-state index >= 15 is 0 Å². The number of hydrogen-bond donors (Lipinski definition) is 2. The molecule has 0 aromatic carbocycles. The minimum Gasteiger partial charge on any atom is -0.479 e. The van der Waals surface area contributed by atoms with Crippen molar-refractivity contribution >= 4 is 5.97 Å². The van der Waals surface area contributed by atoms with Crippen LogP contribution in [0.1, 0.15) is 26.2 Å². The fourth-order valence-electron chi connectivity index (χ4n) is 0.722. The van der Waals surface area contributed by atoms with Crippen LogP contribution in [0.2, 0.25) is 0 Å². The average molecular weight is 176 g/mol. The highest BCUT2D eigenvalue weighted by atomic mass is 16.5. The molecular formula is C8H16O4. The lowest BCUT2D eigenvalue weighted by atomic mass is 10.2. The Morgan fingerprint density at radius 3 is 2.58 bits per heavy atom. The first kappa shape index (κ1) is 11.4. The largest absolute Gasteiger partial charge is 0.479 e. The first-order chi connectivity index (χ1) is 5.68. The van der Waals surface area contributed by atoms with Crippen molar-refractivity contribution in [3.63, 3.8) is 0 Å². The maximum Gasteiger partial charge on any atom is 0.332 e. The molecule has 0 unspecified atom stereocenters. The van der Waals surface area contributed by atoms with Crippen molar-refractivity contribution in [3.8, 4) is 0 Å². The van der Waals surface area contributed by atoms with Gasteiger partial charge < -0.3 is 14.9 Å². The first-order valence-corrected chi connectivity index (χ1v) is 4.13. The number of aliphatic hydroxyl groups excluding tert-OH is 1. The number of aliphatic carboxylic acids is 1. The summed E-state index contributed by atoms with van der Waals surface area (Å²) in [5.74, 6) is -0.933. The molecule has 12 heavy (non-hydrogen) atoms. The number of aliphatic hydroxyl groups is 1. The van der Waals surface area contributed by atoms with E-state index in [1.165, 1.54) is 6.92 Å². The van der Waals surface area contributed by atoms with Crippen LogP contribution in [0.4, 0.5) is 0 Å². The summed E-state index contributed by atoms with van der Waals surface area (Å²) in [5.41, 5.74) is 0. The van der Waals surface area contributed by atoms with Crippen molar-refractivity contribution in [1.82, 2.24) is 0 Å². The van der Waals surface area contributed by atoms with E-state index in [1.54, 1.807) is 0 Å². The maximum atomic E-state index is 10.3. The van der Waals surface area contributed by atoms with Crippen LogP contribution < -0.4 is 0 Å². The zero-order valence-electron chi connectivity index (χ0n) is 7.32. The van der Waals surface area contributed by atoms with E-state index < -0.39 is 12.1 Å². The van der Waals surface area contributed by atoms with E-state index in [9.17, 15) is 4.79 Å². The van der Waals surface area contributed by atoms with Crippen molar-refractivity contribution in [2.24, 2.45) is 0 Å². The Bertz CT molecular complexity index is 124. The predicted molar refractivity (Wildman–Crippen MR) is 44.0 cm³/mol. The summed E-state index contributed by atoms with van der Waals surface area (Å²) in [5, 5.41) is 16.8. The molecule has 0 rings (SSSR count). The van der Waals surface area contributed by atoms with Gasteiger partial charge in [0.05, 0.1) is 0 Å². The van der Waals surface area contributed by atoms with Crippen LogP contribution in [-0.2, 0) is 9.53 Å². The molecule has 0 radical (unpaired) electrons. The number of carboxylic acids is 1. The lowest BCUT2D eigenvalue weighted by molar-refractivity contribution is -0.149. The zero-order chi connectivity index (χ0) is 9.40. The van der Waals surface area contributed by atoms with Crippen LogP contribution >= 0.6 is 0 Å². The summed E-state index contributed by atoms with van der Waals surface area (Å²) in [6.07, 6.45) is 1.71. The Balaban J connectivity index is 3.14. The van der Waals surface area contributed by atoms with Gasteiger partial charge in [-0.1, -0.05) is 0 Å². The van der Waals surface area contributed by atoms with E-state index in [2.05, 4.69) is 0 Å². The molecule has 4 heteroatoms. The van der Waals surface area contributed by atoms with E-state index in [4.69, 9.17) is 14.9 Å². The van der Waals surface area contributed by atoms with Gasteiger partial charge in [-0.3, -0.25) is 0 Å². The second-order valence-electron chi connectivity index (χ2n) is 2.64. The van der Waals surface area contributed by atoms with Crippen molar-refractivity contribution in [3.05, 3.63) is 0 Å². The van der Waals surface area contributed by atoms with E-state index in [1.807, 2.05) is 0 Å². The summed E-state index contributed by atoms with van der Waals surface area (Å²) in [4.78, 5) is 10.3. The van der Waals surface area contributed by atoms with Gasteiger partial charge in [-0.25, -0.2) is 4.79 Å². The van der Waals surface area contributed by atoms with E-state index in [0.29, 0.717) is 6.61 Å². The molecule has 4 nitrogen and oxygen atoms in total. The normalized spacial score (nSPS) is 12.8. The minimum absolute atomic E-state index is 0.189. The molecule has 0 saturated carbocycles. The number of carbonyl (C=O) groups is 1. The molecule has 0 amide bonds. The van der Waals surface area contributed by atoms with Gasteiger partial charge in [-0.15, -0.1) is 0 Å². The minimum atomic E-state index is -0.933. The third kappa shape index (κ3) is 6.12. The van der Waals surface area contributed by atoms with E-state index in [-0.39, 0.29) is 6.61 Å². The lowest BCUT2D eigenvalue weighted by Crippen LogP contribution is -2.20. The molecular weight excluding hydrogens is 160 g/mol. The topological polar surface area (TPSA) is 66.8 Å². The van der Waals surface area contributed by atoms with Crippen molar-refractivity contribution < 1.29 is 19.7 Å². The zero-order valence-corrected chi connectivity index (χ0v) is 7.32. The fourth-order valence-corrected chi connectivity index (χ4v) is 0.722. The second kappa shape index (κ2) is 7.06. The van der Waals surface area contributed by atoms with Crippen LogP contribution in [0.25, 0.3) is 0 Å². The highest BCUT2D eigenvalue weighted by Crippen LogP contribution is 1.97. The second-order valence-corrected chi connectivity index (χ2v) is 2.64. The molecule has 0 aromatic heterocycles. The summed E-state index contributed by atoms with van der Waals surface area (Å²) < 4.78 is 4.97. The monoisotopic (exact) mass is 176 g/mol. The van der Waals surface area contributed by atoms with Gasteiger partial charge in [0, 0.05) is 13.2 Å². The summed E-state index contributed by atoms with van der Waals surface area (Å²) >= 11 is 0. The van der Waals surface area contributed by atoms with Gasteiger partial charge >= 0.3 is 5.97 Å². The highest BCUT2D eigenvalue weighted by molar-refractivity contribution is 5.71. The molecule has 72 valence electrons. The molecule has 0 saturated heterocycles. The maximum absolute atomic E-state index is 10.3. The smallest absolute Gasteiger partial charge is 0.332 e. The quantitative estimate of drug-likeness (QED) is 0.558. The average Bonchev–Trinajstić information content (AvgIpc) is 2.03. The Hall–Kier alpha value is -0.610. The molecule has 0 spiro atoms. The Labute approximate surface area is 72.2 Å². The van der Waals surface area contributed by atoms with Crippen LogP contribution in [0.15, 0.2) is 0 Å². The number of ether oxygens (including phenoxy) is 1. The third-order valence-electron chi connectivity index (χ3n) is 1.52. The molecule has 2 N–H and O–H groups in total. The van der Waals surface area contributed by atoms with Gasteiger partial charge in [0.1, 0.15) is 0 Å². The van der Waals surface area contributed by atoms with Crippen molar-refractivity contribution in [2.45, 2.75) is 32.3 Å². The van der Waals surface area contributed by atoms with Crippen LogP contribution in [0, 0.1) is 0 Å². The molecule has 0 aliphatic heterocycles. The summed E-state index contributed by atoms with van der Waals surface area (Å²) in [7, 11) is 0. The SMILES string of the molecule is C[C@@H](OCCCCCO)C(=O)O. The molecule has 0 aliphatic rings. The standard InChI is InChI=1S/C8H16O4/c1-7(8(10)11)12-6-4-2-3-5-9/h7,9H,2-6H2,1H3,(H,10,11)/t7-/m1/s1. The van der Waals surface area contributed by atoms with Crippen LogP contribution in [0.3, 0.4) is 0 Å². The Morgan fingerprint density at radius 2 is 2.08 bits per heavy atom. The molecule has 0 bridgehead atoms. The molecule has 0 aromatic rings. The highest BCUT2D eigenvalue weighted by Gasteiger charge is 2.09. The Kier molecular flexibility index (Phi) is 6.70. The van der Waals surface area contributed by atoms with Gasteiger partial charge in [-0.2, -0.15) is 0 Å². The number of carboxylic acid groups (broad SMARTS) is 1. The molecule has 0 fully saturated rings. The molecule has 0 aliphatic carbocycles. The van der Waals surface area contributed by atoms with Crippen LogP contribution in [0.5, 0.6) is 0 Å². The fraction of sp³-hybridized carbons (Fsp3) is 0.875. The summed E-state index contributed by atoms with van der Waals surface area (Å²) in [6.45, 7) is 2.15. The van der Waals surface area contributed by atoms with Gasteiger partial charge in [0.25, 0.3) is 0 Å². The third-order valence-corrected chi connectivity index (χ3v) is 1.52. The van der Waals surface area contributed by atoms with Gasteiger partial charge in [0.15, 0.2) is 6.10 Å². The van der Waals surface area contributed by atoms with Crippen LogP contribution in [-0.4, -0.2) is 35.5 Å².